The summed E-state index contributed by atoms with van der Waals surface area (Å²) in [5.74, 6) is 2.01. The van der Waals surface area contributed by atoms with Gasteiger partial charge in [-0.2, -0.15) is 4.98 Å². The smallest absolute Gasteiger partial charge is 0.430 e. The monoisotopic (exact) mass is 431 g/mol. The van der Waals surface area contributed by atoms with Crippen molar-refractivity contribution in [2.45, 2.75) is 0 Å². The third-order valence-corrected chi connectivity index (χ3v) is 5.30. The van der Waals surface area contributed by atoms with E-state index in [4.69, 9.17) is 20.0 Å². The van der Waals surface area contributed by atoms with Gasteiger partial charge >= 0.3 is 6.09 Å². The van der Waals surface area contributed by atoms with Crippen LogP contribution >= 0.6 is 11.3 Å². The van der Waals surface area contributed by atoms with Gasteiger partial charge < -0.3 is 24.9 Å². The van der Waals surface area contributed by atoms with Crippen LogP contribution in [0.1, 0.15) is 0 Å². The second kappa shape index (κ2) is 8.55. The van der Waals surface area contributed by atoms with Crippen molar-refractivity contribution in [2.24, 2.45) is 0 Å². The summed E-state index contributed by atoms with van der Waals surface area (Å²) in [4.78, 5) is 33.4. The van der Waals surface area contributed by atoms with Crippen LogP contribution in [0.25, 0.3) is 10.3 Å². The Morgan fingerprint density at radius 1 is 1.13 bits per heavy atom. The van der Waals surface area contributed by atoms with Crippen LogP contribution in [-0.2, 0) is 4.84 Å². The molecular formula is C18H21N7O4S. The van der Waals surface area contributed by atoms with Crippen molar-refractivity contribution in [2.75, 3.05) is 56.3 Å². The van der Waals surface area contributed by atoms with Gasteiger partial charge in [-0.25, -0.2) is 14.8 Å². The molecule has 0 atom stereocenters. The van der Waals surface area contributed by atoms with Crippen LogP contribution in [0.2, 0.25) is 0 Å². The van der Waals surface area contributed by atoms with E-state index in [1.807, 2.05) is 0 Å². The molecule has 30 heavy (non-hydrogen) atoms. The molecule has 0 unspecified atom stereocenters. The van der Waals surface area contributed by atoms with Gasteiger partial charge in [0.25, 0.3) is 0 Å². The number of hydrogen-bond donors (Lipinski definition) is 2. The molecule has 12 heteroatoms. The van der Waals surface area contributed by atoms with Gasteiger partial charge in [0.2, 0.25) is 5.95 Å². The molecule has 0 bridgehead atoms. The highest BCUT2D eigenvalue weighted by atomic mass is 32.1. The highest BCUT2D eigenvalue weighted by molar-refractivity contribution is 7.16. The zero-order valence-electron chi connectivity index (χ0n) is 16.5. The molecule has 158 valence electrons. The summed E-state index contributed by atoms with van der Waals surface area (Å²) < 4.78 is 10.4. The average molecular weight is 431 g/mol. The van der Waals surface area contributed by atoms with Crippen molar-refractivity contribution in [3.8, 4) is 11.5 Å². The highest BCUT2D eigenvalue weighted by Crippen LogP contribution is 2.30. The number of carbonyl (C=O) groups is 1. The maximum absolute atomic E-state index is 12.3. The molecule has 1 aliphatic heterocycles. The fourth-order valence-electron chi connectivity index (χ4n) is 3.15. The molecule has 0 spiro atoms. The molecule has 1 aromatic carbocycles. The van der Waals surface area contributed by atoms with E-state index in [0.29, 0.717) is 49.2 Å². The predicted octanol–water partition coefficient (Wildman–Crippen LogP) is 1.97. The Balaban J connectivity index is 1.34. The van der Waals surface area contributed by atoms with Gasteiger partial charge in [-0.15, -0.1) is 16.4 Å². The minimum atomic E-state index is -0.580. The molecule has 0 aliphatic carbocycles. The number of nitrogens with two attached hydrogens (primary N) is 1. The number of hydrogen-bond acceptors (Lipinski definition) is 11. The van der Waals surface area contributed by atoms with Crippen molar-refractivity contribution >= 4 is 45.2 Å². The standard InChI is InChI=1S/C18H21N7O4S/c1-27-12-4-3-11(9-13(12)28-2)21-18(26)29-25-7-5-24(6-8-25)15-14-16(30-10-20-14)23-17(19)22-15/h3-4,9-10H,5-8H2,1-2H3,(H,21,26)(H2,19,22,23). The van der Waals surface area contributed by atoms with Crippen molar-refractivity contribution in [3.05, 3.63) is 23.7 Å². The number of rotatable bonds is 5. The number of carbonyl (C=O) groups excluding carboxylic acids is 1. The van der Waals surface area contributed by atoms with Crippen molar-refractivity contribution in [1.82, 2.24) is 20.0 Å². The molecule has 1 fully saturated rings. The van der Waals surface area contributed by atoms with Gasteiger partial charge in [-0.3, -0.25) is 5.32 Å². The number of nitrogens with one attached hydrogen (secondary N) is 1. The molecule has 1 amide bonds. The van der Waals surface area contributed by atoms with Gasteiger partial charge in [0.1, 0.15) is 5.52 Å². The largest absolute Gasteiger partial charge is 0.493 e. The first-order valence-electron chi connectivity index (χ1n) is 9.15. The molecule has 3 N–H and O–H groups in total. The Kier molecular flexibility index (Phi) is 5.68. The van der Waals surface area contributed by atoms with E-state index in [2.05, 4.69) is 25.2 Å². The van der Waals surface area contributed by atoms with E-state index < -0.39 is 6.09 Å². The summed E-state index contributed by atoms with van der Waals surface area (Å²) in [6.07, 6.45) is -0.580. The molecule has 2 aromatic heterocycles. The first-order valence-corrected chi connectivity index (χ1v) is 10.0. The van der Waals surface area contributed by atoms with Crippen LogP contribution in [0.4, 0.5) is 22.2 Å². The number of piperazine rings is 1. The number of methoxy groups -OCH3 is 2. The molecule has 3 aromatic rings. The van der Waals surface area contributed by atoms with E-state index in [1.165, 1.54) is 18.4 Å². The summed E-state index contributed by atoms with van der Waals surface area (Å²) in [6, 6.07) is 5.08. The maximum Gasteiger partial charge on any atom is 0.430 e. The number of fused-ring (bicyclic) bond motifs is 1. The first-order chi connectivity index (χ1) is 14.6. The topological polar surface area (TPSA) is 128 Å². The number of hydroxylamine groups is 2. The quantitative estimate of drug-likeness (QED) is 0.619. The lowest BCUT2D eigenvalue weighted by Crippen LogP contribution is -2.47. The Morgan fingerprint density at radius 2 is 1.90 bits per heavy atom. The second-order valence-electron chi connectivity index (χ2n) is 6.40. The second-order valence-corrected chi connectivity index (χ2v) is 7.23. The van der Waals surface area contributed by atoms with Gasteiger partial charge in [0, 0.05) is 24.8 Å². The lowest BCUT2D eigenvalue weighted by Gasteiger charge is -2.33. The summed E-state index contributed by atoms with van der Waals surface area (Å²) in [6.45, 7) is 2.23. The van der Waals surface area contributed by atoms with Crippen molar-refractivity contribution < 1.29 is 19.1 Å². The number of ether oxygens (including phenoxy) is 2. The molecular weight excluding hydrogens is 410 g/mol. The summed E-state index contributed by atoms with van der Waals surface area (Å²) >= 11 is 1.42. The Morgan fingerprint density at radius 3 is 2.63 bits per heavy atom. The predicted molar refractivity (Wildman–Crippen MR) is 113 cm³/mol. The summed E-state index contributed by atoms with van der Waals surface area (Å²) in [7, 11) is 3.08. The number of aromatic nitrogens is 3. The lowest BCUT2D eigenvalue weighted by molar-refractivity contribution is -0.0966. The summed E-state index contributed by atoms with van der Waals surface area (Å²) in [5.41, 5.74) is 8.82. The van der Waals surface area contributed by atoms with Gasteiger partial charge in [-0.1, -0.05) is 0 Å². The minimum Gasteiger partial charge on any atom is -0.493 e. The summed E-state index contributed by atoms with van der Waals surface area (Å²) in [5, 5.41) is 4.30. The fourth-order valence-corrected chi connectivity index (χ4v) is 3.81. The van der Waals surface area contributed by atoms with Crippen LogP contribution in [0.15, 0.2) is 23.7 Å². The molecule has 11 nitrogen and oxygen atoms in total. The van der Waals surface area contributed by atoms with E-state index in [1.54, 1.807) is 35.9 Å². The van der Waals surface area contributed by atoms with Crippen molar-refractivity contribution in [3.63, 3.8) is 0 Å². The molecule has 1 aliphatic rings. The van der Waals surface area contributed by atoms with Crippen LogP contribution in [-0.4, -0.2) is 66.5 Å². The number of thiazole rings is 1. The third-order valence-electron chi connectivity index (χ3n) is 4.58. The number of nitrogen functional groups attached to an aromatic ring is 1. The average Bonchev–Trinajstić information content (AvgIpc) is 3.22. The molecule has 3 heterocycles. The van der Waals surface area contributed by atoms with Crippen LogP contribution < -0.4 is 25.4 Å². The van der Waals surface area contributed by atoms with E-state index in [9.17, 15) is 4.79 Å². The number of amides is 1. The lowest BCUT2D eigenvalue weighted by atomic mass is 10.3. The molecule has 0 radical (unpaired) electrons. The van der Waals surface area contributed by atoms with Crippen molar-refractivity contribution in [1.29, 1.82) is 0 Å². The zero-order valence-corrected chi connectivity index (χ0v) is 17.3. The number of benzene rings is 1. The Hall–Kier alpha value is -3.38. The van der Waals surface area contributed by atoms with Crippen LogP contribution in [0, 0.1) is 0 Å². The van der Waals surface area contributed by atoms with Gasteiger partial charge in [-0.05, 0) is 12.1 Å². The zero-order chi connectivity index (χ0) is 21.1. The van der Waals surface area contributed by atoms with Gasteiger partial charge in [0.15, 0.2) is 22.1 Å². The van der Waals surface area contributed by atoms with Crippen LogP contribution in [0.3, 0.4) is 0 Å². The molecule has 0 saturated carbocycles. The van der Waals surface area contributed by atoms with E-state index in [-0.39, 0.29) is 5.95 Å². The fraction of sp³-hybridized carbons (Fsp3) is 0.333. The number of nitrogens with zero attached hydrogens (tertiary/aromatic N) is 5. The maximum atomic E-state index is 12.3. The molecule has 1 saturated heterocycles. The van der Waals surface area contributed by atoms with Gasteiger partial charge in [0.05, 0.1) is 32.8 Å². The molecule has 4 rings (SSSR count). The SMILES string of the molecule is COc1ccc(NC(=O)ON2CCN(c3nc(N)nc4scnc34)CC2)cc1OC. The van der Waals surface area contributed by atoms with Crippen LogP contribution in [0.5, 0.6) is 11.5 Å². The minimum absolute atomic E-state index is 0.217. The Bertz CT molecular complexity index is 1050. The normalized spacial score (nSPS) is 14.5. The third kappa shape index (κ3) is 4.14. The number of anilines is 3. The van der Waals surface area contributed by atoms with E-state index >= 15 is 0 Å². The van der Waals surface area contributed by atoms with E-state index in [0.717, 1.165) is 10.3 Å². The Labute approximate surface area is 176 Å². The first kappa shape index (κ1) is 19.9. The highest BCUT2D eigenvalue weighted by Gasteiger charge is 2.24.